The molecule has 1 aliphatic heterocycles. The van der Waals surface area contributed by atoms with Crippen LogP contribution in [0.15, 0.2) is 0 Å². The second-order valence-corrected chi connectivity index (χ2v) is 5.48. The lowest BCUT2D eigenvalue weighted by Gasteiger charge is -2.28. The molecule has 2 N–H and O–H groups in total. The topological polar surface area (TPSA) is 50.7 Å². The van der Waals surface area contributed by atoms with Crippen LogP contribution in [0.4, 0.5) is 0 Å². The number of ether oxygens (including phenoxy) is 2. The van der Waals surface area contributed by atoms with Crippen molar-refractivity contribution in [3.63, 3.8) is 0 Å². The van der Waals surface area contributed by atoms with E-state index < -0.39 is 0 Å². The fraction of sp³-hybridized carbons (Fsp3) is 1.00. The number of hydrogen-bond acceptors (Lipinski definition) is 4. The highest BCUT2D eigenvalue weighted by Gasteiger charge is 2.21. The third kappa shape index (κ3) is 6.14. The van der Waals surface area contributed by atoms with Gasteiger partial charge in [-0.05, 0) is 45.1 Å². The first-order valence-corrected chi connectivity index (χ1v) is 7.21. The second-order valence-electron chi connectivity index (χ2n) is 5.48. The van der Waals surface area contributed by atoms with E-state index in [1.165, 1.54) is 0 Å². The number of nitrogens with one attached hydrogen (secondary N) is 1. The smallest absolute Gasteiger partial charge is 0.0610 e. The van der Waals surface area contributed by atoms with Crippen molar-refractivity contribution >= 4 is 0 Å². The summed E-state index contributed by atoms with van der Waals surface area (Å²) in [6, 6.07) is 0. The van der Waals surface area contributed by atoms with Gasteiger partial charge in [-0.15, -0.1) is 0 Å². The minimum atomic E-state index is -0.156. The van der Waals surface area contributed by atoms with E-state index in [1.807, 2.05) is 0 Å². The second kappa shape index (κ2) is 8.86. The van der Waals surface area contributed by atoms with Crippen LogP contribution in [0.3, 0.4) is 0 Å². The van der Waals surface area contributed by atoms with Crippen molar-refractivity contribution in [1.82, 2.24) is 5.32 Å². The van der Waals surface area contributed by atoms with Gasteiger partial charge in [-0.1, -0.05) is 6.92 Å². The summed E-state index contributed by atoms with van der Waals surface area (Å²) in [5.41, 5.74) is -0.156. The van der Waals surface area contributed by atoms with E-state index in [9.17, 15) is 5.11 Å². The lowest BCUT2D eigenvalue weighted by atomic mass is 9.97. The highest BCUT2D eigenvalue weighted by molar-refractivity contribution is 4.81. The van der Waals surface area contributed by atoms with Crippen LogP contribution in [0, 0.1) is 5.92 Å². The van der Waals surface area contributed by atoms with Crippen LogP contribution in [0.1, 0.15) is 39.5 Å². The van der Waals surface area contributed by atoms with E-state index in [4.69, 9.17) is 9.47 Å². The van der Waals surface area contributed by atoms with Gasteiger partial charge in [0.1, 0.15) is 0 Å². The molecule has 108 valence electrons. The Morgan fingerprint density at radius 3 is 2.72 bits per heavy atom. The Kier molecular flexibility index (Phi) is 7.82. The van der Waals surface area contributed by atoms with E-state index in [0.717, 1.165) is 58.7 Å². The molecule has 0 amide bonds. The molecule has 0 spiro atoms. The van der Waals surface area contributed by atoms with Crippen LogP contribution in [-0.4, -0.2) is 50.2 Å². The monoisotopic (exact) mass is 259 g/mol. The van der Waals surface area contributed by atoms with Crippen molar-refractivity contribution < 1.29 is 14.6 Å². The minimum Gasteiger partial charge on any atom is -0.394 e. The Hall–Kier alpha value is -0.160. The van der Waals surface area contributed by atoms with E-state index in [2.05, 4.69) is 19.2 Å². The van der Waals surface area contributed by atoms with Gasteiger partial charge >= 0.3 is 0 Å². The number of rotatable bonds is 9. The zero-order valence-corrected chi connectivity index (χ0v) is 11.9. The van der Waals surface area contributed by atoms with Crippen LogP contribution < -0.4 is 5.32 Å². The highest BCUT2D eigenvalue weighted by atomic mass is 16.5. The molecule has 1 saturated heterocycles. The average Bonchev–Trinajstić information content (AvgIpc) is 2.40. The molecule has 0 aromatic rings. The molecular formula is C14H29NO3. The van der Waals surface area contributed by atoms with E-state index in [0.29, 0.717) is 5.92 Å². The molecule has 1 unspecified atom stereocenters. The molecule has 1 heterocycles. The minimum absolute atomic E-state index is 0.156. The van der Waals surface area contributed by atoms with Crippen molar-refractivity contribution in [3.05, 3.63) is 0 Å². The van der Waals surface area contributed by atoms with Crippen LogP contribution in [-0.2, 0) is 9.47 Å². The van der Waals surface area contributed by atoms with Gasteiger partial charge in [-0.3, -0.25) is 0 Å². The lowest BCUT2D eigenvalue weighted by Crippen LogP contribution is -2.45. The van der Waals surface area contributed by atoms with E-state index >= 15 is 0 Å². The van der Waals surface area contributed by atoms with Gasteiger partial charge in [0, 0.05) is 32.0 Å². The molecule has 1 rings (SSSR count). The maximum Gasteiger partial charge on any atom is 0.0610 e. The summed E-state index contributed by atoms with van der Waals surface area (Å²) in [5, 5.41) is 12.7. The lowest BCUT2D eigenvalue weighted by molar-refractivity contribution is 0.0181. The summed E-state index contributed by atoms with van der Waals surface area (Å²) in [5.74, 6) is 0.678. The molecule has 18 heavy (non-hydrogen) atoms. The number of hydrogen-bond donors (Lipinski definition) is 2. The molecule has 0 aromatic heterocycles. The van der Waals surface area contributed by atoms with Gasteiger partial charge in [-0.25, -0.2) is 0 Å². The molecule has 0 radical (unpaired) electrons. The maximum absolute atomic E-state index is 9.36. The van der Waals surface area contributed by atoms with Crippen molar-refractivity contribution in [2.24, 2.45) is 5.92 Å². The quantitative estimate of drug-likeness (QED) is 0.617. The van der Waals surface area contributed by atoms with Crippen molar-refractivity contribution in [2.45, 2.75) is 45.1 Å². The zero-order chi connectivity index (χ0) is 13.3. The van der Waals surface area contributed by atoms with Crippen molar-refractivity contribution in [1.29, 1.82) is 0 Å². The van der Waals surface area contributed by atoms with Crippen LogP contribution in [0.25, 0.3) is 0 Å². The van der Waals surface area contributed by atoms with Crippen LogP contribution in [0.5, 0.6) is 0 Å². The molecule has 1 fully saturated rings. The van der Waals surface area contributed by atoms with Gasteiger partial charge in [-0.2, -0.15) is 0 Å². The zero-order valence-electron chi connectivity index (χ0n) is 11.9. The molecule has 0 saturated carbocycles. The van der Waals surface area contributed by atoms with Crippen molar-refractivity contribution in [2.75, 3.05) is 39.6 Å². The Morgan fingerprint density at radius 1 is 1.39 bits per heavy atom. The predicted octanol–water partition coefficient (Wildman–Crippen LogP) is 1.57. The summed E-state index contributed by atoms with van der Waals surface area (Å²) >= 11 is 0. The normalized spacial score (nSPS) is 20.8. The summed E-state index contributed by atoms with van der Waals surface area (Å²) < 4.78 is 11.0. The van der Waals surface area contributed by atoms with Gasteiger partial charge in [0.15, 0.2) is 0 Å². The largest absolute Gasteiger partial charge is 0.394 e. The van der Waals surface area contributed by atoms with Gasteiger partial charge < -0.3 is 19.9 Å². The van der Waals surface area contributed by atoms with Crippen LogP contribution >= 0.6 is 0 Å². The fourth-order valence-electron chi connectivity index (χ4n) is 2.38. The first kappa shape index (κ1) is 15.9. The van der Waals surface area contributed by atoms with E-state index in [-0.39, 0.29) is 12.1 Å². The number of likely N-dealkylation sites (N-methyl/N-ethyl adjacent to an activating group) is 1. The molecule has 1 atom stereocenters. The van der Waals surface area contributed by atoms with Crippen molar-refractivity contribution in [3.8, 4) is 0 Å². The molecule has 4 nitrogen and oxygen atoms in total. The highest BCUT2D eigenvalue weighted by Crippen LogP contribution is 2.16. The summed E-state index contributed by atoms with van der Waals surface area (Å²) in [6.45, 7) is 8.62. The van der Waals surface area contributed by atoms with Gasteiger partial charge in [0.2, 0.25) is 0 Å². The van der Waals surface area contributed by atoms with Crippen LogP contribution in [0.2, 0.25) is 0 Å². The number of aliphatic hydroxyl groups excluding tert-OH is 1. The Morgan fingerprint density at radius 2 is 2.11 bits per heavy atom. The molecule has 0 aliphatic carbocycles. The fourth-order valence-corrected chi connectivity index (χ4v) is 2.38. The molecule has 1 aliphatic rings. The number of aliphatic hydroxyl groups is 1. The molecule has 0 aromatic carbocycles. The maximum atomic E-state index is 9.36. The first-order chi connectivity index (χ1) is 8.70. The third-order valence-electron chi connectivity index (χ3n) is 3.66. The molecular weight excluding hydrogens is 230 g/mol. The molecule has 0 bridgehead atoms. The van der Waals surface area contributed by atoms with Gasteiger partial charge in [0.25, 0.3) is 0 Å². The molecule has 4 heteroatoms. The van der Waals surface area contributed by atoms with E-state index in [1.54, 1.807) is 0 Å². The summed E-state index contributed by atoms with van der Waals surface area (Å²) in [6.07, 6.45) is 4.20. The Balaban J connectivity index is 2.03. The third-order valence-corrected chi connectivity index (χ3v) is 3.66. The summed E-state index contributed by atoms with van der Waals surface area (Å²) in [7, 11) is 0. The Bertz CT molecular complexity index is 207. The summed E-state index contributed by atoms with van der Waals surface area (Å²) in [4.78, 5) is 0. The SMILES string of the molecule is CCNC(C)(CO)CCCOCC1CCOCC1. The van der Waals surface area contributed by atoms with Gasteiger partial charge in [0.05, 0.1) is 6.61 Å². The standard InChI is InChI=1S/C14H29NO3/c1-3-15-14(2,12-16)7-4-8-18-11-13-5-9-17-10-6-13/h13,15-16H,3-12H2,1-2H3. The first-order valence-electron chi connectivity index (χ1n) is 7.21. The average molecular weight is 259 g/mol. The predicted molar refractivity (Wildman–Crippen MR) is 72.8 cm³/mol. The Labute approximate surface area is 111 Å².